The summed E-state index contributed by atoms with van der Waals surface area (Å²) >= 11 is 0. The Morgan fingerprint density at radius 3 is 1.76 bits per heavy atom. The number of allylic oxidation sites excluding steroid dienone is 1. The van der Waals surface area contributed by atoms with Crippen LogP contribution < -0.4 is 0 Å². The van der Waals surface area contributed by atoms with Gasteiger partial charge in [-0.2, -0.15) is 0 Å². The monoisotopic (exact) mass is 464 g/mol. The van der Waals surface area contributed by atoms with Gasteiger partial charge in [-0.25, -0.2) is 0 Å². The fourth-order valence-electron chi connectivity index (χ4n) is 4.40. The summed E-state index contributed by atoms with van der Waals surface area (Å²) in [5, 5.41) is 0. The van der Waals surface area contributed by atoms with E-state index in [0.29, 0.717) is 25.4 Å². The molecule has 0 aromatic rings. The molecule has 0 amide bonds. The van der Waals surface area contributed by atoms with Crippen LogP contribution in [0.4, 0.5) is 0 Å². The first-order chi connectivity index (χ1) is 16.2. The third-order valence-electron chi connectivity index (χ3n) is 6.62. The molecule has 0 aliphatic rings. The number of carbonyl (C=O) groups excluding carboxylic acids is 2. The van der Waals surface area contributed by atoms with Crippen molar-refractivity contribution >= 4 is 12.3 Å². The van der Waals surface area contributed by atoms with Gasteiger partial charge >= 0.3 is 5.97 Å². The Morgan fingerprint density at radius 2 is 1.18 bits per heavy atom. The van der Waals surface area contributed by atoms with E-state index in [4.69, 9.17) is 4.74 Å². The number of unbranched alkanes of at least 4 members (excludes halogenated alkanes) is 15. The zero-order valence-electron chi connectivity index (χ0n) is 22.3. The molecule has 0 fully saturated rings. The molecule has 1 atom stereocenters. The van der Waals surface area contributed by atoms with Crippen LogP contribution in [0.15, 0.2) is 12.2 Å². The molecule has 0 aromatic carbocycles. The minimum Gasteiger partial charge on any atom is -0.461 e. The maximum atomic E-state index is 11.9. The third kappa shape index (κ3) is 25.3. The van der Waals surface area contributed by atoms with Crippen molar-refractivity contribution in [2.24, 2.45) is 5.92 Å². The molecule has 0 saturated heterocycles. The normalized spacial score (nSPS) is 12.3. The van der Waals surface area contributed by atoms with Gasteiger partial charge in [0, 0.05) is 12.8 Å². The summed E-state index contributed by atoms with van der Waals surface area (Å²) in [5.74, 6) is 0.402. The lowest BCUT2D eigenvalue weighted by Gasteiger charge is -2.13. The highest BCUT2D eigenvalue weighted by atomic mass is 16.5. The van der Waals surface area contributed by atoms with E-state index in [1.807, 2.05) is 6.08 Å². The van der Waals surface area contributed by atoms with Crippen LogP contribution in [0.25, 0.3) is 0 Å². The summed E-state index contributed by atoms with van der Waals surface area (Å²) in [4.78, 5) is 22.9. The Kier molecular flexibility index (Phi) is 26.2. The molecule has 0 spiro atoms. The SMILES string of the molecule is CCCCCCCCCCC=CCOC(=O)CCCCC(CC=O)CCCCCCCCC. The van der Waals surface area contributed by atoms with Crippen molar-refractivity contribution in [3.63, 3.8) is 0 Å². The van der Waals surface area contributed by atoms with Gasteiger partial charge in [0.05, 0.1) is 0 Å². The van der Waals surface area contributed by atoms with Crippen LogP contribution in [0, 0.1) is 5.92 Å². The molecule has 0 aromatic heterocycles. The van der Waals surface area contributed by atoms with Crippen molar-refractivity contribution in [3.8, 4) is 0 Å². The summed E-state index contributed by atoms with van der Waals surface area (Å²) in [5.41, 5.74) is 0. The zero-order chi connectivity index (χ0) is 24.2. The second-order valence-electron chi connectivity index (χ2n) is 9.84. The van der Waals surface area contributed by atoms with Gasteiger partial charge in [0.2, 0.25) is 0 Å². The van der Waals surface area contributed by atoms with Crippen molar-refractivity contribution in [3.05, 3.63) is 12.2 Å². The lowest BCUT2D eigenvalue weighted by atomic mass is 9.92. The van der Waals surface area contributed by atoms with Crippen molar-refractivity contribution in [2.75, 3.05) is 6.61 Å². The molecule has 0 radical (unpaired) electrons. The molecule has 3 nitrogen and oxygen atoms in total. The average Bonchev–Trinajstić information content (AvgIpc) is 2.81. The Morgan fingerprint density at radius 1 is 0.667 bits per heavy atom. The summed E-state index contributed by atoms with van der Waals surface area (Å²) in [6.45, 7) is 4.91. The molecule has 0 N–H and O–H groups in total. The molecule has 0 heterocycles. The first-order valence-corrected chi connectivity index (χ1v) is 14.5. The second kappa shape index (κ2) is 27.1. The minimum absolute atomic E-state index is 0.0919. The highest BCUT2D eigenvalue weighted by Gasteiger charge is 2.09. The fraction of sp³-hybridized carbons (Fsp3) is 0.867. The lowest BCUT2D eigenvalue weighted by molar-refractivity contribution is -0.142. The van der Waals surface area contributed by atoms with Gasteiger partial charge in [-0.1, -0.05) is 135 Å². The van der Waals surface area contributed by atoms with Crippen LogP contribution in [0.2, 0.25) is 0 Å². The molecule has 0 aliphatic carbocycles. The van der Waals surface area contributed by atoms with Gasteiger partial charge in [0.25, 0.3) is 0 Å². The number of carbonyl (C=O) groups is 2. The fourth-order valence-corrected chi connectivity index (χ4v) is 4.40. The molecule has 33 heavy (non-hydrogen) atoms. The number of ether oxygens (including phenoxy) is 1. The Bertz CT molecular complexity index is 444. The molecule has 0 rings (SSSR count). The van der Waals surface area contributed by atoms with E-state index < -0.39 is 0 Å². The van der Waals surface area contributed by atoms with Crippen LogP contribution in [-0.2, 0) is 14.3 Å². The van der Waals surface area contributed by atoms with Crippen LogP contribution in [0.1, 0.15) is 155 Å². The molecule has 0 saturated carbocycles. The van der Waals surface area contributed by atoms with Crippen molar-refractivity contribution in [2.45, 2.75) is 155 Å². The molecular weight excluding hydrogens is 408 g/mol. The van der Waals surface area contributed by atoms with Crippen LogP contribution in [0.5, 0.6) is 0 Å². The summed E-state index contributed by atoms with van der Waals surface area (Å²) in [6.07, 6.45) is 31.5. The predicted octanol–water partition coefficient (Wildman–Crippen LogP) is 9.52. The highest BCUT2D eigenvalue weighted by Crippen LogP contribution is 2.21. The quantitative estimate of drug-likeness (QED) is 0.0554. The molecule has 1 unspecified atom stereocenters. The zero-order valence-corrected chi connectivity index (χ0v) is 22.3. The van der Waals surface area contributed by atoms with Crippen molar-refractivity contribution in [1.29, 1.82) is 0 Å². The van der Waals surface area contributed by atoms with Crippen LogP contribution in [0.3, 0.4) is 0 Å². The summed E-state index contributed by atoms with van der Waals surface area (Å²) in [6, 6.07) is 0. The van der Waals surface area contributed by atoms with E-state index in [1.54, 1.807) is 0 Å². The van der Waals surface area contributed by atoms with Crippen molar-refractivity contribution < 1.29 is 14.3 Å². The van der Waals surface area contributed by atoms with Gasteiger partial charge in [-0.05, 0) is 25.2 Å². The van der Waals surface area contributed by atoms with Crippen LogP contribution in [-0.4, -0.2) is 18.9 Å². The molecule has 0 bridgehead atoms. The van der Waals surface area contributed by atoms with E-state index in [-0.39, 0.29) is 5.97 Å². The van der Waals surface area contributed by atoms with Gasteiger partial charge in [-0.3, -0.25) is 4.79 Å². The smallest absolute Gasteiger partial charge is 0.306 e. The van der Waals surface area contributed by atoms with Gasteiger partial charge in [-0.15, -0.1) is 0 Å². The van der Waals surface area contributed by atoms with E-state index in [2.05, 4.69) is 19.9 Å². The standard InChI is InChI=1S/C30H56O3/c1-3-5-7-9-11-12-13-14-16-18-22-28-33-30(32)25-21-20-24-29(26-27-31)23-19-17-15-10-8-6-4-2/h18,22,27,29H,3-17,19-21,23-26,28H2,1-2H3. The Balaban J connectivity index is 3.58. The van der Waals surface area contributed by atoms with Gasteiger partial charge in [0.1, 0.15) is 12.9 Å². The topological polar surface area (TPSA) is 43.4 Å². The molecule has 194 valence electrons. The number of esters is 1. The first kappa shape index (κ1) is 31.9. The average molecular weight is 465 g/mol. The lowest BCUT2D eigenvalue weighted by Crippen LogP contribution is -2.06. The van der Waals surface area contributed by atoms with E-state index >= 15 is 0 Å². The van der Waals surface area contributed by atoms with E-state index in [9.17, 15) is 9.59 Å². The van der Waals surface area contributed by atoms with Crippen molar-refractivity contribution in [1.82, 2.24) is 0 Å². The summed E-state index contributed by atoms with van der Waals surface area (Å²) in [7, 11) is 0. The maximum Gasteiger partial charge on any atom is 0.306 e. The van der Waals surface area contributed by atoms with E-state index in [0.717, 1.165) is 38.4 Å². The molecular formula is C30H56O3. The summed E-state index contributed by atoms with van der Waals surface area (Å²) < 4.78 is 5.32. The third-order valence-corrected chi connectivity index (χ3v) is 6.62. The maximum absolute atomic E-state index is 11.9. The predicted molar refractivity (Wildman–Crippen MR) is 143 cm³/mol. The van der Waals surface area contributed by atoms with Gasteiger partial charge < -0.3 is 9.53 Å². The number of hydrogen-bond acceptors (Lipinski definition) is 3. The van der Waals surface area contributed by atoms with Crippen LogP contribution >= 0.6 is 0 Å². The van der Waals surface area contributed by atoms with E-state index in [1.165, 1.54) is 96.3 Å². The molecule has 3 heteroatoms. The largest absolute Gasteiger partial charge is 0.461 e. The number of rotatable bonds is 26. The van der Waals surface area contributed by atoms with Gasteiger partial charge in [0.15, 0.2) is 0 Å². The number of hydrogen-bond donors (Lipinski definition) is 0. The minimum atomic E-state index is -0.0919. The highest BCUT2D eigenvalue weighted by molar-refractivity contribution is 5.69. The number of aldehydes is 1. The Labute approximate surface area is 206 Å². The first-order valence-electron chi connectivity index (χ1n) is 14.5. The Hall–Kier alpha value is -1.12. The second-order valence-corrected chi connectivity index (χ2v) is 9.84. The molecule has 0 aliphatic heterocycles.